The van der Waals surface area contributed by atoms with Gasteiger partial charge in [-0.1, -0.05) is 12.1 Å². The van der Waals surface area contributed by atoms with Gasteiger partial charge >= 0.3 is 6.03 Å². The van der Waals surface area contributed by atoms with Crippen LogP contribution < -0.4 is 5.32 Å². The van der Waals surface area contributed by atoms with Crippen molar-refractivity contribution in [2.75, 3.05) is 26.2 Å². The molecule has 2 heterocycles. The molecule has 0 saturated carbocycles. The molecular weight excluding hydrogens is 370 g/mol. The number of carbonyl (C=O) groups is 2. The van der Waals surface area contributed by atoms with Crippen molar-refractivity contribution in [2.24, 2.45) is 0 Å². The van der Waals surface area contributed by atoms with Crippen LogP contribution >= 0.6 is 0 Å². The van der Waals surface area contributed by atoms with E-state index in [1.165, 1.54) is 41.8 Å². The zero-order valence-corrected chi connectivity index (χ0v) is 15.7. The second kappa shape index (κ2) is 7.93. The maximum atomic E-state index is 12.7. The van der Waals surface area contributed by atoms with Crippen LogP contribution in [0.15, 0.2) is 52.0 Å². The summed E-state index contributed by atoms with van der Waals surface area (Å²) in [4.78, 5) is 25.2. The Bertz CT molecular complexity index is 899. The van der Waals surface area contributed by atoms with E-state index in [4.69, 9.17) is 4.42 Å². The van der Waals surface area contributed by atoms with E-state index < -0.39 is 10.0 Å². The molecule has 0 unspecified atom stereocenters. The molecule has 0 atom stereocenters. The summed E-state index contributed by atoms with van der Waals surface area (Å²) in [5, 5.41) is 2.75. The average molecular weight is 391 g/mol. The van der Waals surface area contributed by atoms with Crippen molar-refractivity contribution in [2.45, 2.75) is 18.4 Å². The predicted octanol–water partition coefficient (Wildman–Crippen LogP) is 1.70. The number of rotatable bonds is 5. The molecule has 1 fully saturated rings. The molecule has 1 aliphatic heterocycles. The van der Waals surface area contributed by atoms with Crippen LogP contribution in [-0.4, -0.2) is 55.6 Å². The topological polar surface area (TPSA) is 99.9 Å². The Morgan fingerprint density at radius 2 is 1.74 bits per heavy atom. The second-order valence-electron chi connectivity index (χ2n) is 6.21. The van der Waals surface area contributed by atoms with Gasteiger partial charge in [-0.2, -0.15) is 4.31 Å². The summed E-state index contributed by atoms with van der Waals surface area (Å²) in [6, 6.07) is 9.15. The van der Waals surface area contributed by atoms with Crippen LogP contribution in [0.2, 0.25) is 0 Å². The summed E-state index contributed by atoms with van der Waals surface area (Å²) < 4.78 is 32.0. The Balaban J connectivity index is 1.57. The zero-order valence-electron chi connectivity index (χ0n) is 14.9. The van der Waals surface area contributed by atoms with Gasteiger partial charge in [-0.25, -0.2) is 13.2 Å². The number of benzene rings is 1. The minimum absolute atomic E-state index is 0.117. The smallest absolute Gasteiger partial charge is 0.317 e. The van der Waals surface area contributed by atoms with E-state index in [0.29, 0.717) is 24.4 Å². The van der Waals surface area contributed by atoms with Gasteiger partial charge in [0.05, 0.1) is 17.7 Å². The van der Waals surface area contributed by atoms with Gasteiger partial charge in [0, 0.05) is 31.7 Å². The van der Waals surface area contributed by atoms with Gasteiger partial charge in [0.2, 0.25) is 10.0 Å². The summed E-state index contributed by atoms with van der Waals surface area (Å²) in [6.45, 7) is 2.74. The van der Waals surface area contributed by atoms with Gasteiger partial charge < -0.3 is 14.6 Å². The van der Waals surface area contributed by atoms with Crippen molar-refractivity contribution in [3.05, 3.63) is 54.0 Å². The normalized spacial score (nSPS) is 15.5. The number of carbonyl (C=O) groups excluding carboxylic acids is 2. The molecule has 144 valence electrons. The first-order valence-electron chi connectivity index (χ1n) is 8.54. The van der Waals surface area contributed by atoms with Crippen LogP contribution in [0, 0.1) is 0 Å². The summed E-state index contributed by atoms with van der Waals surface area (Å²) in [7, 11) is -3.65. The molecule has 9 heteroatoms. The van der Waals surface area contributed by atoms with Gasteiger partial charge in [0.25, 0.3) is 0 Å². The van der Waals surface area contributed by atoms with Crippen LogP contribution in [0.25, 0.3) is 0 Å². The Kier molecular flexibility index (Phi) is 5.62. The Hall–Kier alpha value is -2.65. The van der Waals surface area contributed by atoms with Gasteiger partial charge in [-0.15, -0.1) is 0 Å². The molecule has 1 aromatic heterocycles. The highest BCUT2D eigenvalue weighted by Gasteiger charge is 2.30. The zero-order chi connectivity index (χ0) is 19.4. The molecule has 0 bridgehead atoms. The molecule has 1 saturated heterocycles. The average Bonchev–Trinajstić information content (AvgIpc) is 3.20. The number of ketones is 1. The Labute approximate surface area is 157 Å². The third-order valence-corrected chi connectivity index (χ3v) is 6.33. The fourth-order valence-electron chi connectivity index (χ4n) is 2.83. The minimum atomic E-state index is -3.65. The van der Waals surface area contributed by atoms with E-state index in [-0.39, 0.29) is 36.3 Å². The number of furan rings is 1. The van der Waals surface area contributed by atoms with Crippen molar-refractivity contribution < 1.29 is 22.4 Å². The lowest BCUT2D eigenvalue weighted by molar-refractivity contribution is 0.101. The number of Topliss-reactive ketones (excluding diaryl/α,β-unsaturated/α-hetero) is 1. The van der Waals surface area contributed by atoms with Gasteiger partial charge in [0.1, 0.15) is 5.76 Å². The first-order chi connectivity index (χ1) is 12.9. The molecule has 3 rings (SSSR count). The molecule has 1 N–H and O–H groups in total. The summed E-state index contributed by atoms with van der Waals surface area (Å²) in [5.41, 5.74) is 0.465. The van der Waals surface area contributed by atoms with Crippen molar-refractivity contribution in [3.63, 3.8) is 0 Å². The maximum Gasteiger partial charge on any atom is 0.317 e. The fraction of sp³-hybridized carbons (Fsp3) is 0.333. The van der Waals surface area contributed by atoms with Gasteiger partial charge in [-0.3, -0.25) is 4.79 Å². The third kappa shape index (κ3) is 4.37. The number of amides is 2. The minimum Gasteiger partial charge on any atom is -0.467 e. The SMILES string of the molecule is CC(=O)c1ccc(S(=O)(=O)N2CCN(C(=O)NCc3ccco3)CC2)cc1. The number of hydrogen-bond acceptors (Lipinski definition) is 5. The number of urea groups is 1. The van der Waals surface area contributed by atoms with E-state index in [1.807, 2.05) is 0 Å². The third-order valence-electron chi connectivity index (χ3n) is 4.42. The number of nitrogens with one attached hydrogen (secondary N) is 1. The van der Waals surface area contributed by atoms with Crippen molar-refractivity contribution in [1.29, 1.82) is 0 Å². The summed E-state index contributed by atoms with van der Waals surface area (Å²) >= 11 is 0. The Morgan fingerprint density at radius 1 is 1.07 bits per heavy atom. The molecular formula is C18H21N3O5S. The highest BCUT2D eigenvalue weighted by Crippen LogP contribution is 2.18. The van der Waals surface area contributed by atoms with E-state index >= 15 is 0 Å². The van der Waals surface area contributed by atoms with Crippen LogP contribution in [0.1, 0.15) is 23.0 Å². The van der Waals surface area contributed by atoms with Crippen LogP contribution in [0.4, 0.5) is 4.79 Å². The van der Waals surface area contributed by atoms with E-state index in [9.17, 15) is 18.0 Å². The van der Waals surface area contributed by atoms with Crippen LogP contribution in [-0.2, 0) is 16.6 Å². The second-order valence-corrected chi connectivity index (χ2v) is 8.15. The van der Waals surface area contributed by atoms with Crippen molar-refractivity contribution in [3.8, 4) is 0 Å². The lowest BCUT2D eigenvalue weighted by Gasteiger charge is -2.33. The van der Waals surface area contributed by atoms with E-state index in [0.717, 1.165) is 0 Å². The van der Waals surface area contributed by atoms with Crippen LogP contribution in [0.3, 0.4) is 0 Å². The van der Waals surface area contributed by atoms with Gasteiger partial charge in [-0.05, 0) is 31.2 Å². The first kappa shape index (κ1) is 19.1. The summed E-state index contributed by atoms with van der Waals surface area (Å²) in [6.07, 6.45) is 1.54. The molecule has 0 radical (unpaired) electrons. The molecule has 2 amide bonds. The molecule has 2 aromatic rings. The van der Waals surface area contributed by atoms with Crippen molar-refractivity contribution in [1.82, 2.24) is 14.5 Å². The monoisotopic (exact) mass is 391 g/mol. The first-order valence-corrected chi connectivity index (χ1v) is 9.98. The molecule has 0 aliphatic carbocycles. The summed E-state index contributed by atoms with van der Waals surface area (Å²) in [5.74, 6) is 0.534. The molecule has 1 aliphatic rings. The lowest BCUT2D eigenvalue weighted by atomic mass is 10.2. The lowest BCUT2D eigenvalue weighted by Crippen LogP contribution is -2.52. The van der Waals surface area contributed by atoms with Gasteiger partial charge in [0.15, 0.2) is 5.78 Å². The highest BCUT2D eigenvalue weighted by molar-refractivity contribution is 7.89. The Morgan fingerprint density at radius 3 is 2.30 bits per heavy atom. The largest absolute Gasteiger partial charge is 0.467 e. The molecule has 27 heavy (non-hydrogen) atoms. The maximum absolute atomic E-state index is 12.7. The van der Waals surface area contributed by atoms with E-state index in [2.05, 4.69) is 5.32 Å². The quantitative estimate of drug-likeness (QED) is 0.782. The number of sulfonamides is 1. The highest BCUT2D eigenvalue weighted by atomic mass is 32.2. The fourth-order valence-corrected chi connectivity index (χ4v) is 4.25. The number of piperazine rings is 1. The van der Waals surface area contributed by atoms with Crippen LogP contribution in [0.5, 0.6) is 0 Å². The van der Waals surface area contributed by atoms with E-state index in [1.54, 1.807) is 17.0 Å². The predicted molar refractivity (Wildman–Crippen MR) is 97.7 cm³/mol. The van der Waals surface area contributed by atoms with Crippen molar-refractivity contribution >= 4 is 21.8 Å². The molecule has 8 nitrogen and oxygen atoms in total. The number of hydrogen-bond donors (Lipinski definition) is 1. The standard InChI is InChI=1S/C18H21N3O5S/c1-14(22)15-4-6-17(7-5-15)27(24,25)21-10-8-20(9-11-21)18(23)19-13-16-3-2-12-26-16/h2-7,12H,8-11,13H2,1H3,(H,19,23). The number of nitrogens with zero attached hydrogens (tertiary/aromatic N) is 2. The molecule has 1 aromatic carbocycles. The molecule has 0 spiro atoms.